The maximum Gasteiger partial charge on any atom is 0.410 e. The molecule has 3 aromatic rings. The highest BCUT2D eigenvalue weighted by atomic mass is 16.6. The van der Waals surface area contributed by atoms with Crippen LogP contribution < -0.4 is 5.32 Å². The van der Waals surface area contributed by atoms with Crippen LogP contribution in [-0.4, -0.2) is 59.8 Å². The standard InChI is InChI=1S/C29H33N3O5/c1-29(2,3)37-28(35)31(4)16-8-18-36-17-7-9-20-12-13-24-22(19-20)21-10-5-6-11-23(21)32(24)25-14-15-26(33)30-27(25)34/h5-6,10-13,19,25H,8,14-18H2,1-4H3,(H,30,33,34). The van der Waals surface area contributed by atoms with E-state index in [4.69, 9.17) is 9.47 Å². The van der Waals surface area contributed by atoms with Crippen molar-refractivity contribution in [1.29, 1.82) is 0 Å². The topological polar surface area (TPSA) is 89.9 Å². The summed E-state index contributed by atoms with van der Waals surface area (Å²) in [6, 6.07) is 13.5. The van der Waals surface area contributed by atoms with Gasteiger partial charge in [0.1, 0.15) is 18.2 Å². The summed E-state index contributed by atoms with van der Waals surface area (Å²) in [5, 5.41) is 4.52. The lowest BCUT2D eigenvalue weighted by molar-refractivity contribution is -0.135. The predicted molar refractivity (Wildman–Crippen MR) is 142 cm³/mol. The second-order valence-electron chi connectivity index (χ2n) is 10.2. The van der Waals surface area contributed by atoms with Gasteiger partial charge in [-0.2, -0.15) is 0 Å². The number of amides is 3. The molecule has 0 bridgehead atoms. The monoisotopic (exact) mass is 503 g/mol. The van der Waals surface area contributed by atoms with Crippen molar-refractivity contribution in [3.05, 3.63) is 48.0 Å². The number of ether oxygens (including phenoxy) is 2. The van der Waals surface area contributed by atoms with Crippen molar-refractivity contribution in [3.8, 4) is 11.8 Å². The highest BCUT2D eigenvalue weighted by molar-refractivity contribution is 6.10. The SMILES string of the molecule is CN(CCCOCC#Cc1ccc2c(c1)c1ccccc1n2C1CCC(=O)NC1=O)C(=O)OC(C)(C)C. The first-order valence-corrected chi connectivity index (χ1v) is 12.5. The van der Waals surface area contributed by atoms with E-state index in [-0.39, 0.29) is 24.5 Å². The van der Waals surface area contributed by atoms with Crippen LogP contribution in [-0.2, 0) is 19.1 Å². The van der Waals surface area contributed by atoms with Gasteiger partial charge in [-0.25, -0.2) is 4.79 Å². The zero-order valence-electron chi connectivity index (χ0n) is 21.8. The normalized spacial score (nSPS) is 15.8. The molecule has 194 valence electrons. The van der Waals surface area contributed by atoms with Crippen molar-refractivity contribution in [2.75, 3.05) is 26.8 Å². The molecular weight excluding hydrogens is 470 g/mol. The Bertz CT molecular complexity index is 1390. The molecule has 1 aromatic heterocycles. The van der Waals surface area contributed by atoms with Gasteiger partial charge in [-0.05, 0) is 57.9 Å². The maximum absolute atomic E-state index is 12.6. The van der Waals surface area contributed by atoms with Crippen LogP contribution in [0.25, 0.3) is 21.8 Å². The molecule has 1 saturated heterocycles. The zero-order valence-corrected chi connectivity index (χ0v) is 21.8. The third-order valence-corrected chi connectivity index (χ3v) is 6.13. The highest BCUT2D eigenvalue weighted by Gasteiger charge is 2.30. The van der Waals surface area contributed by atoms with Crippen molar-refractivity contribution in [2.24, 2.45) is 0 Å². The summed E-state index contributed by atoms with van der Waals surface area (Å²) in [7, 11) is 1.71. The quantitative estimate of drug-likeness (QED) is 0.306. The number of rotatable bonds is 6. The molecular formula is C29H33N3O5. The van der Waals surface area contributed by atoms with E-state index < -0.39 is 11.6 Å². The lowest BCUT2D eigenvalue weighted by atomic mass is 10.1. The summed E-state index contributed by atoms with van der Waals surface area (Å²) in [6.07, 6.45) is 1.14. The molecule has 2 aromatic carbocycles. The van der Waals surface area contributed by atoms with Gasteiger partial charge in [0.05, 0.1) is 0 Å². The number of para-hydroxylation sites is 1. The molecule has 0 radical (unpaired) electrons. The summed E-state index contributed by atoms with van der Waals surface area (Å²) in [5.74, 6) is 5.72. The van der Waals surface area contributed by atoms with Gasteiger partial charge >= 0.3 is 6.09 Å². The predicted octanol–water partition coefficient (Wildman–Crippen LogP) is 4.40. The summed E-state index contributed by atoms with van der Waals surface area (Å²) in [4.78, 5) is 37.8. The van der Waals surface area contributed by atoms with Crippen molar-refractivity contribution in [2.45, 2.75) is 51.7 Å². The third-order valence-electron chi connectivity index (χ3n) is 6.13. The lowest BCUT2D eigenvalue weighted by Crippen LogP contribution is -2.41. The Kier molecular flexibility index (Phi) is 7.84. The molecule has 8 heteroatoms. The van der Waals surface area contributed by atoms with Crippen molar-refractivity contribution >= 4 is 39.7 Å². The maximum atomic E-state index is 12.6. The van der Waals surface area contributed by atoms with Crippen molar-refractivity contribution in [3.63, 3.8) is 0 Å². The van der Waals surface area contributed by atoms with Crippen LogP contribution in [0.15, 0.2) is 42.5 Å². The summed E-state index contributed by atoms with van der Waals surface area (Å²) >= 11 is 0. The van der Waals surface area contributed by atoms with E-state index in [0.29, 0.717) is 32.4 Å². The van der Waals surface area contributed by atoms with Gasteiger partial charge in [0.25, 0.3) is 0 Å². The molecule has 0 aliphatic carbocycles. The smallest absolute Gasteiger partial charge is 0.410 e. The number of nitrogens with zero attached hydrogens (tertiary/aromatic N) is 2. The molecule has 1 fully saturated rings. The molecule has 0 saturated carbocycles. The van der Waals surface area contributed by atoms with E-state index >= 15 is 0 Å². The van der Waals surface area contributed by atoms with E-state index in [2.05, 4.69) is 17.2 Å². The second-order valence-corrected chi connectivity index (χ2v) is 10.2. The van der Waals surface area contributed by atoms with Crippen LogP contribution in [0.4, 0.5) is 4.79 Å². The van der Waals surface area contributed by atoms with Gasteiger partial charge in [0.2, 0.25) is 11.8 Å². The van der Waals surface area contributed by atoms with Crippen molar-refractivity contribution in [1.82, 2.24) is 14.8 Å². The first-order chi connectivity index (χ1) is 17.6. The molecule has 1 aliphatic heterocycles. The number of hydrogen-bond donors (Lipinski definition) is 1. The van der Waals surface area contributed by atoms with Crippen LogP contribution in [0.5, 0.6) is 0 Å². The number of hydrogen-bond acceptors (Lipinski definition) is 5. The summed E-state index contributed by atoms with van der Waals surface area (Å²) in [6.45, 7) is 6.83. The van der Waals surface area contributed by atoms with Crippen LogP contribution >= 0.6 is 0 Å². The lowest BCUT2D eigenvalue weighted by Gasteiger charge is -2.24. The molecule has 2 heterocycles. The van der Waals surface area contributed by atoms with Crippen molar-refractivity contribution < 1.29 is 23.9 Å². The molecule has 4 rings (SSSR count). The average Bonchev–Trinajstić information content (AvgIpc) is 3.16. The minimum atomic E-state index is -0.514. The molecule has 0 spiro atoms. The molecule has 1 unspecified atom stereocenters. The first kappa shape index (κ1) is 26.2. The average molecular weight is 504 g/mol. The summed E-state index contributed by atoms with van der Waals surface area (Å²) < 4.78 is 13.0. The summed E-state index contributed by atoms with van der Waals surface area (Å²) in [5.41, 5.74) is 2.23. The molecule has 1 aliphatic rings. The highest BCUT2D eigenvalue weighted by Crippen LogP contribution is 2.34. The number of nitrogens with one attached hydrogen (secondary N) is 1. The van der Waals surface area contributed by atoms with Gasteiger partial charge < -0.3 is 18.9 Å². The Morgan fingerprint density at radius 2 is 1.89 bits per heavy atom. The van der Waals surface area contributed by atoms with Gasteiger partial charge in [-0.1, -0.05) is 30.0 Å². The van der Waals surface area contributed by atoms with E-state index in [0.717, 1.165) is 27.4 Å². The van der Waals surface area contributed by atoms with E-state index in [9.17, 15) is 14.4 Å². The van der Waals surface area contributed by atoms with Crippen LogP contribution in [0.1, 0.15) is 51.6 Å². The number of piperidine rings is 1. The fraction of sp³-hybridized carbons (Fsp3) is 0.414. The molecule has 8 nitrogen and oxygen atoms in total. The van der Waals surface area contributed by atoms with Gasteiger partial charge in [-0.3, -0.25) is 14.9 Å². The van der Waals surface area contributed by atoms with E-state index in [1.54, 1.807) is 11.9 Å². The number of benzene rings is 2. The molecule has 37 heavy (non-hydrogen) atoms. The Balaban J connectivity index is 1.39. The van der Waals surface area contributed by atoms with E-state index in [1.807, 2.05) is 67.8 Å². The number of aromatic nitrogens is 1. The molecule has 1 atom stereocenters. The van der Waals surface area contributed by atoms with Gasteiger partial charge in [0, 0.05) is 54.0 Å². The van der Waals surface area contributed by atoms with E-state index in [1.165, 1.54) is 0 Å². The minimum absolute atomic E-state index is 0.225. The minimum Gasteiger partial charge on any atom is -0.444 e. The third kappa shape index (κ3) is 6.30. The number of imide groups is 1. The number of carbonyl (C=O) groups excluding carboxylic acids is 3. The number of carbonyl (C=O) groups is 3. The number of fused-ring (bicyclic) bond motifs is 3. The van der Waals surface area contributed by atoms with Crippen LogP contribution in [0.3, 0.4) is 0 Å². The molecule has 3 amide bonds. The first-order valence-electron chi connectivity index (χ1n) is 12.5. The van der Waals surface area contributed by atoms with Crippen LogP contribution in [0, 0.1) is 11.8 Å². The van der Waals surface area contributed by atoms with Gasteiger partial charge in [0.15, 0.2) is 0 Å². The largest absolute Gasteiger partial charge is 0.444 e. The Hall–Kier alpha value is -3.83. The fourth-order valence-electron chi connectivity index (χ4n) is 4.44. The second kappa shape index (κ2) is 11.1. The zero-order chi connectivity index (χ0) is 26.6. The Morgan fingerprint density at radius 3 is 2.65 bits per heavy atom. The fourth-order valence-corrected chi connectivity index (χ4v) is 4.44. The molecule has 1 N–H and O–H groups in total. The Morgan fingerprint density at radius 1 is 1.14 bits per heavy atom. The Labute approximate surface area is 216 Å². The van der Waals surface area contributed by atoms with Crippen LogP contribution in [0.2, 0.25) is 0 Å². The van der Waals surface area contributed by atoms with Gasteiger partial charge in [-0.15, -0.1) is 0 Å².